The Bertz CT molecular complexity index is 468. The van der Waals surface area contributed by atoms with E-state index in [0.717, 1.165) is 10.9 Å². The van der Waals surface area contributed by atoms with Gasteiger partial charge in [0.1, 0.15) is 0 Å². The smallest absolute Gasteiger partial charge is 0.258 e. The molecule has 0 aliphatic heterocycles. The highest BCUT2D eigenvalue weighted by molar-refractivity contribution is 5.80. The Hall–Kier alpha value is -1.97. The first kappa shape index (κ1) is 7.67. The Kier molecular flexibility index (Phi) is 1.66. The highest BCUT2D eigenvalue weighted by Crippen LogP contribution is 2.17. The maximum atomic E-state index is 10.4. The predicted molar refractivity (Wildman–Crippen MR) is 47.2 cm³/mol. The zero-order chi connectivity index (χ0) is 9.26. The number of nitro benzene ring substituents is 1. The van der Waals surface area contributed by atoms with Crippen LogP contribution < -0.4 is 0 Å². The fourth-order valence-corrected chi connectivity index (χ4v) is 1.12. The molecule has 4 nitrogen and oxygen atoms in total. The van der Waals surface area contributed by atoms with Crippen LogP contribution in [0.4, 0.5) is 5.69 Å². The van der Waals surface area contributed by atoms with Gasteiger partial charge in [0.2, 0.25) is 0 Å². The lowest BCUT2D eigenvalue weighted by atomic mass is 10.2. The van der Waals surface area contributed by atoms with Gasteiger partial charge in [-0.1, -0.05) is 0 Å². The van der Waals surface area contributed by atoms with Crippen LogP contribution in [0, 0.1) is 16.2 Å². The molecule has 0 bridgehead atoms. The molecule has 2 aromatic rings. The van der Waals surface area contributed by atoms with E-state index in [1.54, 1.807) is 12.1 Å². The van der Waals surface area contributed by atoms with Crippen LogP contribution in [0.3, 0.4) is 0 Å². The molecule has 0 saturated heterocycles. The van der Waals surface area contributed by atoms with Crippen LogP contribution in [0.1, 0.15) is 0 Å². The number of hydrogen-bond donors (Lipinski definition) is 0. The Morgan fingerprint density at radius 1 is 1.46 bits per heavy atom. The van der Waals surface area contributed by atoms with E-state index in [9.17, 15) is 10.1 Å². The van der Waals surface area contributed by atoms with Gasteiger partial charge in [-0.3, -0.25) is 15.1 Å². The predicted octanol–water partition coefficient (Wildman–Crippen LogP) is 1.94. The van der Waals surface area contributed by atoms with Crippen LogP contribution in [0.15, 0.2) is 30.5 Å². The zero-order valence-electron chi connectivity index (χ0n) is 6.60. The number of nitro groups is 1. The number of benzene rings is 1. The van der Waals surface area contributed by atoms with E-state index in [-0.39, 0.29) is 5.69 Å². The summed E-state index contributed by atoms with van der Waals surface area (Å²) in [6.07, 6.45) is 1.54. The van der Waals surface area contributed by atoms with Gasteiger partial charge < -0.3 is 0 Å². The summed E-state index contributed by atoms with van der Waals surface area (Å²) in [7, 11) is 0. The van der Waals surface area contributed by atoms with E-state index < -0.39 is 4.92 Å². The molecule has 63 valence electrons. The van der Waals surface area contributed by atoms with Crippen molar-refractivity contribution in [3.63, 3.8) is 0 Å². The van der Waals surface area contributed by atoms with E-state index in [4.69, 9.17) is 0 Å². The van der Waals surface area contributed by atoms with Crippen LogP contribution >= 0.6 is 0 Å². The van der Waals surface area contributed by atoms with E-state index in [1.165, 1.54) is 18.3 Å². The number of non-ortho nitro benzene ring substituents is 1. The van der Waals surface area contributed by atoms with E-state index in [1.807, 2.05) is 0 Å². The van der Waals surface area contributed by atoms with Gasteiger partial charge in [0.25, 0.3) is 5.69 Å². The van der Waals surface area contributed by atoms with Crippen molar-refractivity contribution >= 4 is 16.6 Å². The first-order valence-corrected chi connectivity index (χ1v) is 3.67. The lowest BCUT2D eigenvalue weighted by Crippen LogP contribution is -1.87. The van der Waals surface area contributed by atoms with Gasteiger partial charge in [-0.2, -0.15) is 0 Å². The molecule has 4 heteroatoms. The minimum Gasteiger partial charge on any atom is -0.258 e. The molecule has 0 fully saturated rings. The number of nitrogens with zero attached hydrogens (tertiary/aromatic N) is 2. The average molecular weight is 173 g/mol. The van der Waals surface area contributed by atoms with Gasteiger partial charge in [-0.25, -0.2) is 0 Å². The summed E-state index contributed by atoms with van der Waals surface area (Å²) >= 11 is 0. The maximum Gasteiger partial charge on any atom is 0.270 e. The highest BCUT2D eigenvalue weighted by Gasteiger charge is 2.05. The fraction of sp³-hybridized carbons (Fsp3) is 0. The number of aromatic nitrogens is 1. The topological polar surface area (TPSA) is 56.0 Å². The van der Waals surface area contributed by atoms with Crippen LogP contribution in [-0.4, -0.2) is 9.91 Å². The molecule has 0 atom stereocenters. The third-order valence-electron chi connectivity index (χ3n) is 1.74. The minimum atomic E-state index is -0.424. The van der Waals surface area contributed by atoms with Gasteiger partial charge in [-0.15, -0.1) is 0 Å². The van der Waals surface area contributed by atoms with Crippen LogP contribution in [-0.2, 0) is 0 Å². The summed E-state index contributed by atoms with van der Waals surface area (Å²) in [6.45, 7) is 0. The molecular weight excluding hydrogens is 168 g/mol. The van der Waals surface area contributed by atoms with Crippen molar-refractivity contribution < 1.29 is 4.92 Å². The number of pyridine rings is 1. The number of fused-ring (bicyclic) bond motifs is 1. The molecule has 1 aromatic carbocycles. The second-order valence-corrected chi connectivity index (χ2v) is 2.57. The van der Waals surface area contributed by atoms with Crippen LogP contribution in [0.25, 0.3) is 10.9 Å². The first-order chi connectivity index (χ1) is 6.27. The van der Waals surface area contributed by atoms with E-state index in [2.05, 4.69) is 11.1 Å². The maximum absolute atomic E-state index is 10.4. The second-order valence-electron chi connectivity index (χ2n) is 2.57. The molecular formula is C9H5N2O2. The van der Waals surface area contributed by atoms with Crippen LogP contribution in [0.5, 0.6) is 0 Å². The summed E-state index contributed by atoms with van der Waals surface area (Å²) < 4.78 is 0. The lowest BCUT2D eigenvalue weighted by molar-refractivity contribution is -0.384. The zero-order valence-corrected chi connectivity index (χ0v) is 6.60. The molecule has 1 aromatic heterocycles. The molecule has 0 aliphatic rings. The highest BCUT2D eigenvalue weighted by atomic mass is 16.6. The van der Waals surface area contributed by atoms with Gasteiger partial charge in [0.05, 0.1) is 10.4 Å². The summed E-state index contributed by atoms with van der Waals surface area (Å²) in [6, 6.07) is 8.99. The van der Waals surface area contributed by atoms with Crippen LogP contribution in [0.2, 0.25) is 0 Å². The quantitative estimate of drug-likeness (QED) is 0.489. The third-order valence-corrected chi connectivity index (χ3v) is 1.74. The molecule has 0 N–H and O–H groups in total. The van der Waals surface area contributed by atoms with Gasteiger partial charge in [0.15, 0.2) is 0 Å². The lowest BCUT2D eigenvalue weighted by Gasteiger charge is -1.94. The molecule has 1 heterocycles. The monoisotopic (exact) mass is 173 g/mol. The summed E-state index contributed by atoms with van der Waals surface area (Å²) in [5.74, 6) is 0. The van der Waals surface area contributed by atoms with Crippen molar-refractivity contribution in [2.45, 2.75) is 0 Å². The van der Waals surface area contributed by atoms with Crippen molar-refractivity contribution in [2.24, 2.45) is 0 Å². The third kappa shape index (κ3) is 1.33. The molecule has 0 spiro atoms. The first-order valence-electron chi connectivity index (χ1n) is 3.67. The Morgan fingerprint density at radius 2 is 2.31 bits per heavy atom. The van der Waals surface area contributed by atoms with E-state index >= 15 is 0 Å². The summed E-state index contributed by atoms with van der Waals surface area (Å²) in [5, 5.41) is 11.2. The summed E-state index contributed by atoms with van der Waals surface area (Å²) in [5.41, 5.74) is 0.818. The molecule has 0 saturated carbocycles. The Balaban J connectivity index is 2.69. The van der Waals surface area contributed by atoms with E-state index in [0.29, 0.717) is 0 Å². The van der Waals surface area contributed by atoms with Crippen molar-refractivity contribution in [3.8, 4) is 0 Å². The molecule has 0 aliphatic carbocycles. The second kappa shape index (κ2) is 2.82. The average Bonchev–Trinajstić information content (AvgIpc) is 2.17. The summed E-state index contributed by atoms with van der Waals surface area (Å²) in [4.78, 5) is 14.0. The van der Waals surface area contributed by atoms with Gasteiger partial charge in [0, 0.05) is 29.8 Å². The normalized spacial score (nSPS) is 10.2. The molecule has 13 heavy (non-hydrogen) atoms. The fourth-order valence-electron chi connectivity index (χ4n) is 1.12. The van der Waals surface area contributed by atoms with Crippen molar-refractivity contribution in [1.82, 2.24) is 4.98 Å². The van der Waals surface area contributed by atoms with Crippen molar-refractivity contribution in [3.05, 3.63) is 46.6 Å². The number of rotatable bonds is 1. The standard InChI is InChI=1S/C9H5N2O2/c12-11(13)8-3-4-9-7(6-8)2-1-5-10-9/h2-6H. The van der Waals surface area contributed by atoms with Gasteiger partial charge >= 0.3 is 0 Å². The molecule has 0 unspecified atom stereocenters. The van der Waals surface area contributed by atoms with Crippen molar-refractivity contribution in [2.75, 3.05) is 0 Å². The van der Waals surface area contributed by atoms with Crippen molar-refractivity contribution in [1.29, 1.82) is 0 Å². The number of hydrogen-bond acceptors (Lipinski definition) is 3. The molecule has 1 radical (unpaired) electrons. The SMILES string of the molecule is O=[N+]([O-])c1ccc2nc[c]cc2c1. The minimum absolute atomic E-state index is 0.0777. The van der Waals surface area contributed by atoms with Gasteiger partial charge in [-0.05, 0) is 12.1 Å². The molecule has 2 rings (SSSR count). The Morgan fingerprint density at radius 3 is 3.08 bits per heavy atom. The Labute approximate surface area is 74.0 Å². The molecule has 0 amide bonds. The largest absolute Gasteiger partial charge is 0.270 e.